The molecule has 2 N–H and O–H groups in total. The lowest BCUT2D eigenvalue weighted by atomic mass is 10.0. The first kappa shape index (κ1) is 18.0. The van der Waals surface area contributed by atoms with E-state index in [0.717, 1.165) is 16.8 Å². The molecule has 5 heteroatoms. The number of carbonyl (C=O) groups is 2. The second-order valence-electron chi connectivity index (χ2n) is 6.80. The van der Waals surface area contributed by atoms with E-state index >= 15 is 0 Å². The Bertz CT molecular complexity index is 821. The molecule has 0 spiro atoms. The number of hydrogen-bond donors (Lipinski definition) is 2. The Balaban J connectivity index is 1.74. The molecule has 5 nitrogen and oxygen atoms in total. The molecule has 0 bridgehead atoms. The van der Waals surface area contributed by atoms with Crippen LogP contribution >= 0.6 is 0 Å². The van der Waals surface area contributed by atoms with E-state index in [9.17, 15) is 9.59 Å². The van der Waals surface area contributed by atoms with Crippen molar-refractivity contribution >= 4 is 23.2 Å². The highest BCUT2D eigenvalue weighted by Crippen LogP contribution is 2.48. The van der Waals surface area contributed by atoms with Crippen molar-refractivity contribution in [1.82, 2.24) is 0 Å². The lowest BCUT2D eigenvalue weighted by Crippen LogP contribution is -2.35. The Morgan fingerprint density at radius 2 is 1.62 bits per heavy atom. The first-order valence-electron chi connectivity index (χ1n) is 8.87. The molecule has 1 aliphatic rings. The molecule has 0 heterocycles. The van der Waals surface area contributed by atoms with Crippen LogP contribution in [-0.2, 0) is 9.59 Å². The van der Waals surface area contributed by atoms with Crippen LogP contribution in [-0.4, -0.2) is 18.4 Å². The number of amides is 2. The zero-order chi connectivity index (χ0) is 18.7. The zero-order valence-corrected chi connectivity index (χ0v) is 15.4. The summed E-state index contributed by atoms with van der Waals surface area (Å²) >= 11 is 0. The lowest BCUT2D eigenvalue weighted by Gasteiger charge is -2.17. The molecular formula is C21H24N2O3. The van der Waals surface area contributed by atoms with Gasteiger partial charge in [0.05, 0.1) is 12.3 Å². The Morgan fingerprint density at radius 3 is 2.23 bits per heavy atom. The van der Waals surface area contributed by atoms with Crippen molar-refractivity contribution in [1.29, 1.82) is 0 Å². The number of rotatable bonds is 6. The Kier molecular flexibility index (Phi) is 4.98. The fourth-order valence-electron chi connectivity index (χ4n) is 3.07. The standard InChI is InChI=1S/C21H24N2O3/c1-4-26-18-8-6-5-7-17(18)23-20(25)21(9-10-21)19(24)22-16-12-14(2)11-15(3)13-16/h5-8,11-13H,4,9-10H2,1-3H3,(H,22,24)(H,23,25). The van der Waals surface area contributed by atoms with Crippen LogP contribution in [0.15, 0.2) is 42.5 Å². The van der Waals surface area contributed by atoms with Crippen LogP contribution in [0.1, 0.15) is 30.9 Å². The minimum atomic E-state index is -1.00. The topological polar surface area (TPSA) is 67.4 Å². The molecule has 1 saturated carbocycles. The van der Waals surface area contributed by atoms with E-state index in [2.05, 4.69) is 10.6 Å². The molecule has 26 heavy (non-hydrogen) atoms. The quantitative estimate of drug-likeness (QED) is 0.771. The number of aryl methyl sites for hydroxylation is 2. The maximum atomic E-state index is 12.8. The summed E-state index contributed by atoms with van der Waals surface area (Å²) in [5.74, 6) is 0.0642. The molecule has 0 radical (unpaired) electrons. The summed E-state index contributed by atoms with van der Waals surface area (Å²) in [5.41, 5.74) is 2.45. The van der Waals surface area contributed by atoms with Gasteiger partial charge in [-0.25, -0.2) is 0 Å². The van der Waals surface area contributed by atoms with Gasteiger partial charge >= 0.3 is 0 Å². The highest BCUT2D eigenvalue weighted by Gasteiger charge is 2.56. The van der Waals surface area contributed by atoms with Gasteiger partial charge in [-0.3, -0.25) is 9.59 Å². The first-order chi connectivity index (χ1) is 12.4. The predicted molar refractivity (Wildman–Crippen MR) is 102 cm³/mol. The zero-order valence-electron chi connectivity index (χ0n) is 15.4. The van der Waals surface area contributed by atoms with E-state index in [-0.39, 0.29) is 11.8 Å². The molecule has 2 aromatic carbocycles. The summed E-state index contributed by atoms with van der Waals surface area (Å²) < 4.78 is 5.54. The van der Waals surface area contributed by atoms with Gasteiger partial charge in [0.2, 0.25) is 11.8 Å². The van der Waals surface area contributed by atoms with E-state index in [1.165, 1.54) is 0 Å². The monoisotopic (exact) mass is 352 g/mol. The fraction of sp³-hybridized carbons (Fsp3) is 0.333. The van der Waals surface area contributed by atoms with Crippen molar-refractivity contribution in [3.8, 4) is 5.75 Å². The Morgan fingerprint density at radius 1 is 1.00 bits per heavy atom. The van der Waals surface area contributed by atoms with Crippen LogP contribution in [0.2, 0.25) is 0 Å². The van der Waals surface area contributed by atoms with Gasteiger partial charge in [0.25, 0.3) is 0 Å². The smallest absolute Gasteiger partial charge is 0.240 e. The number of benzene rings is 2. The number of carbonyl (C=O) groups excluding carboxylic acids is 2. The molecule has 0 saturated heterocycles. The van der Waals surface area contributed by atoms with Gasteiger partial charge in [0.15, 0.2) is 0 Å². The molecule has 0 atom stereocenters. The normalized spacial score (nSPS) is 14.4. The average molecular weight is 352 g/mol. The van der Waals surface area contributed by atoms with E-state index < -0.39 is 5.41 Å². The minimum absolute atomic E-state index is 0.256. The summed E-state index contributed by atoms with van der Waals surface area (Å²) in [7, 11) is 0. The summed E-state index contributed by atoms with van der Waals surface area (Å²) in [4.78, 5) is 25.5. The van der Waals surface area contributed by atoms with Crippen molar-refractivity contribution in [2.24, 2.45) is 5.41 Å². The Labute approximate surface area is 153 Å². The molecule has 1 fully saturated rings. The number of ether oxygens (including phenoxy) is 1. The van der Waals surface area contributed by atoms with Gasteiger partial charge in [0, 0.05) is 5.69 Å². The molecule has 2 aromatic rings. The van der Waals surface area contributed by atoms with Gasteiger partial charge in [-0.1, -0.05) is 18.2 Å². The third-order valence-electron chi connectivity index (χ3n) is 4.53. The molecule has 0 unspecified atom stereocenters. The van der Waals surface area contributed by atoms with Gasteiger partial charge in [-0.05, 0) is 69.0 Å². The summed E-state index contributed by atoms with van der Waals surface area (Å²) in [6.07, 6.45) is 1.10. The molecular weight excluding hydrogens is 328 g/mol. The number of hydrogen-bond acceptors (Lipinski definition) is 3. The van der Waals surface area contributed by atoms with Gasteiger partial charge in [-0.2, -0.15) is 0 Å². The largest absolute Gasteiger partial charge is 0.492 e. The number of para-hydroxylation sites is 2. The van der Waals surface area contributed by atoms with E-state index in [0.29, 0.717) is 30.9 Å². The second-order valence-corrected chi connectivity index (χ2v) is 6.80. The maximum Gasteiger partial charge on any atom is 0.240 e. The van der Waals surface area contributed by atoms with Gasteiger partial charge in [0.1, 0.15) is 11.2 Å². The molecule has 0 aliphatic heterocycles. The third kappa shape index (κ3) is 3.72. The molecule has 3 rings (SSSR count). The van der Waals surface area contributed by atoms with Crippen molar-refractivity contribution in [3.63, 3.8) is 0 Å². The molecule has 0 aromatic heterocycles. The van der Waals surface area contributed by atoms with Gasteiger partial charge < -0.3 is 15.4 Å². The van der Waals surface area contributed by atoms with Crippen LogP contribution in [0.3, 0.4) is 0 Å². The molecule has 136 valence electrons. The van der Waals surface area contributed by atoms with E-state index in [1.807, 2.05) is 51.1 Å². The molecule has 2 amide bonds. The lowest BCUT2D eigenvalue weighted by molar-refractivity contribution is -0.131. The minimum Gasteiger partial charge on any atom is -0.492 e. The van der Waals surface area contributed by atoms with Crippen LogP contribution in [0.25, 0.3) is 0 Å². The summed E-state index contributed by atoms with van der Waals surface area (Å²) in [6.45, 7) is 6.35. The van der Waals surface area contributed by atoms with Crippen LogP contribution in [0, 0.1) is 19.3 Å². The average Bonchev–Trinajstić information content (AvgIpc) is 3.38. The fourth-order valence-corrected chi connectivity index (χ4v) is 3.07. The highest BCUT2D eigenvalue weighted by molar-refractivity contribution is 6.17. The van der Waals surface area contributed by atoms with Crippen molar-refractivity contribution in [3.05, 3.63) is 53.6 Å². The third-order valence-corrected chi connectivity index (χ3v) is 4.53. The number of nitrogens with one attached hydrogen (secondary N) is 2. The highest BCUT2D eigenvalue weighted by atomic mass is 16.5. The van der Waals surface area contributed by atoms with E-state index in [4.69, 9.17) is 4.74 Å². The molecule has 1 aliphatic carbocycles. The van der Waals surface area contributed by atoms with E-state index in [1.54, 1.807) is 12.1 Å². The summed E-state index contributed by atoms with van der Waals surface area (Å²) in [5, 5.41) is 5.76. The van der Waals surface area contributed by atoms with Crippen molar-refractivity contribution in [2.45, 2.75) is 33.6 Å². The van der Waals surface area contributed by atoms with Crippen LogP contribution in [0.4, 0.5) is 11.4 Å². The van der Waals surface area contributed by atoms with Crippen molar-refractivity contribution < 1.29 is 14.3 Å². The second kappa shape index (κ2) is 7.20. The Hall–Kier alpha value is -2.82. The first-order valence-corrected chi connectivity index (χ1v) is 8.87. The van der Waals surface area contributed by atoms with Crippen LogP contribution in [0.5, 0.6) is 5.75 Å². The summed E-state index contributed by atoms with van der Waals surface area (Å²) in [6, 6.07) is 13.1. The maximum absolute atomic E-state index is 12.8. The SMILES string of the molecule is CCOc1ccccc1NC(=O)C1(C(=O)Nc2cc(C)cc(C)c2)CC1. The van der Waals surface area contributed by atoms with Gasteiger partial charge in [-0.15, -0.1) is 0 Å². The van der Waals surface area contributed by atoms with Crippen molar-refractivity contribution in [2.75, 3.05) is 17.2 Å². The number of anilines is 2. The predicted octanol–water partition coefficient (Wildman–Crippen LogP) is 4.06. The van der Waals surface area contributed by atoms with Crippen LogP contribution < -0.4 is 15.4 Å².